The van der Waals surface area contributed by atoms with Crippen LogP contribution < -0.4 is 10.1 Å². The van der Waals surface area contributed by atoms with Crippen molar-refractivity contribution in [2.45, 2.75) is 13.0 Å². The molecule has 1 amide bonds. The predicted molar refractivity (Wildman–Crippen MR) is 98.7 cm³/mol. The summed E-state index contributed by atoms with van der Waals surface area (Å²) in [5.74, 6) is 1.38. The van der Waals surface area contributed by atoms with E-state index in [0.29, 0.717) is 28.8 Å². The first-order chi connectivity index (χ1) is 12.7. The quantitative estimate of drug-likeness (QED) is 0.715. The van der Waals surface area contributed by atoms with Crippen molar-refractivity contribution in [2.75, 3.05) is 39.4 Å². The van der Waals surface area contributed by atoms with E-state index in [1.165, 1.54) is 0 Å². The second kappa shape index (κ2) is 9.62. The summed E-state index contributed by atoms with van der Waals surface area (Å²) in [5.41, 5.74) is 0. The highest BCUT2D eigenvalue weighted by atomic mass is 35.5. The highest BCUT2D eigenvalue weighted by molar-refractivity contribution is 6.30. The number of hydrogen-bond acceptors (Lipinski definition) is 5. The molecule has 3 rings (SSSR count). The van der Waals surface area contributed by atoms with Gasteiger partial charge in [0.25, 0.3) is 5.91 Å². The number of ether oxygens (including phenoxy) is 2. The molecule has 7 heteroatoms. The van der Waals surface area contributed by atoms with Crippen LogP contribution in [-0.2, 0) is 11.3 Å². The van der Waals surface area contributed by atoms with Crippen molar-refractivity contribution in [3.63, 3.8) is 0 Å². The molecule has 0 radical (unpaired) electrons. The minimum Gasteiger partial charge on any atom is -0.486 e. The third kappa shape index (κ3) is 5.76. The molecule has 140 valence electrons. The van der Waals surface area contributed by atoms with Crippen molar-refractivity contribution < 1.29 is 18.7 Å². The molecule has 0 unspecified atom stereocenters. The average Bonchev–Trinajstić information content (AvgIpc) is 3.15. The van der Waals surface area contributed by atoms with Gasteiger partial charge < -0.3 is 19.2 Å². The zero-order chi connectivity index (χ0) is 18.2. The summed E-state index contributed by atoms with van der Waals surface area (Å²) in [6.07, 6.45) is 0.902. The molecule has 1 fully saturated rings. The molecule has 0 atom stereocenters. The molecule has 1 aromatic carbocycles. The number of nitrogens with zero attached hydrogens (tertiary/aromatic N) is 1. The van der Waals surface area contributed by atoms with Crippen LogP contribution >= 0.6 is 11.6 Å². The van der Waals surface area contributed by atoms with Crippen molar-refractivity contribution in [1.29, 1.82) is 0 Å². The van der Waals surface area contributed by atoms with Crippen LogP contribution in [0.25, 0.3) is 0 Å². The number of nitrogens with one attached hydrogen (secondary N) is 1. The first-order valence-corrected chi connectivity index (χ1v) is 9.14. The molecule has 1 aromatic heterocycles. The number of benzene rings is 1. The second-order valence-electron chi connectivity index (χ2n) is 6.07. The molecule has 1 aliphatic heterocycles. The summed E-state index contributed by atoms with van der Waals surface area (Å²) >= 11 is 5.84. The smallest absolute Gasteiger partial charge is 0.286 e. The Labute approximate surface area is 158 Å². The van der Waals surface area contributed by atoms with Crippen molar-refractivity contribution in [3.05, 3.63) is 52.9 Å². The number of furan rings is 1. The van der Waals surface area contributed by atoms with Gasteiger partial charge in [-0.05, 0) is 49.4 Å². The van der Waals surface area contributed by atoms with Gasteiger partial charge in [0, 0.05) is 24.7 Å². The van der Waals surface area contributed by atoms with Crippen LogP contribution in [-0.4, -0.2) is 50.2 Å². The van der Waals surface area contributed by atoms with E-state index < -0.39 is 0 Å². The first-order valence-electron chi connectivity index (χ1n) is 8.76. The van der Waals surface area contributed by atoms with E-state index in [0.717, 1.165) is 39.3 Å². The number of carbonyl (C=O) groups is 1. The van der Waals surface area contributed by atoms with Crippen LogP contribution in [0.1, 0.15) is 22.7 Å². The van der Waals surface area contributed by atoms with Crippen LogP contribution in [0.15, 0.2) is 40.8 Å². The summed E-state index contributed by atoms with van der Waals surface area (Å²) in [6.45, 7) is 5.34. The Morgan fingerprint density at radius 1 is 1.15 bits per heavy atom. The Bertz CT molecular complexity index is 696. The van der Waals surface area contributed by atoms with E-state index in [9.17, 15) is 4.79 Å². The van der Waals surface area contributed by atoms with E-state index in [4.69, 9.17) is 25.5 Å². The predicted octanol–water partition coefficient (Wildman–Crippen LogP) is 2.96. The van der Waals surface area contributed by atoms with Crippen molar-refractivity contribution in [3.8, 4) is 5.75 Å². The average molecular weight is 379 g/mol. The van der Waals surface area contributed by atoms with E-state index in [1.807, 2.05) is 0 Å². The van der Waals surface area contributed by atoms with E-state index >= 15 is 0 Å². The fourth-order valence-electron chi connectivity index (χ4n) is 2.68. The van der Waals surface area contributed by atoms with E-state index in [2.05, 4.69) is 10.2 Å². The lowest BCUT2D eigenvalue weighted by Crippen LogP contribution is -2.38. The number of amides is 1. The molecule has 0 spiro atoms. The number of carbonyl (C=O) groups excluding carboxylic acids is 1. The molecule has 0 aliphatic carbocycles. The zero-order valence-electron chi connectivity index (χ0n) is 14.6. The van der Waals surface area contributed by atoms with Crippen molar-refractivity contribution in [1.82, 2.24) is 10.2 Å². The number of halogens is 1. The van der Waals surface area contributed by atoms with Crippen LogP contribution in [0.5, 0.6) is 5.75 Å². The normalized spacial score (nSPS) is 15.0. The van der Waals surface area contributed by atoms with Gasteiger partial charge in [-0.2, -0.15) is 0 Å². The fraction of sp³-hybridized carbons (Fsp3) is 0.421. The number of rotatable bonds is 8. The summed E-state index contributed by atoms with van der Waals surface area (Å²) in [4.78, 5) is 14.5. The van der Waals surface area contributed by atoms with Gasteiger partial charge in [-0.3, -0.25) is 9.69 Å². The largest absolute Gasteiger partial charge is 0.486 e. The Kier molecular flexibility index (Phi) is 6.94. The van der Waals surface area contributed by atoms with Gasteiger partial charge in [-0.25, -0.2) is 0 Å². The van der Waals surface area contributed by atoms with Gasteiger partial charge >= 0.3 is 0 Å². The summed E-state index contributed by atoms with van der Waals surface area (Å²) in [6, 6.07) is 10.5. The van der Waals surface area contributed by atoms with Gasteiger partial charge in [0.1, 0.15) is 18.1 Å². The van der Waals surface area contributed by atoms with Crippen LogP contribution in [0.4, 0.5) is 0 Å². The topological polar surface area (TPSA) is 63.9 Å². The Morgan fingerprint density at radius 2 is 1.92 bits per heavy atom. The minimum absolute atomic E-state index is 0.204. The van der Waals surface area contributed by atoms with Gasteiger partial charge in [-0.1, -0.05) is 11.6 Å². The molecule has 0 saturated carbocycles. The standard InChI is InChI=1S/C19H23ClN2O4/c20-15-2-4-16(5-3-15)25-14-17-6-7-18(26-17)19(23)21-8-1-9-22-10-12-24-13-11-22/h2-7H,1,8-14H2,(H,21,23). The van der Waals surface area contributed by atoms with E-state index in [1.54, 1.807) is 36.4 Å². The molecule has 1 aliphatic rings. The maximum Gasteiger partial charge on any atom is 0.286 e. The maximum atomic E-state index is 12.1. The monoisotopic (exact) mass is 378 g/mol. The minimum atomic E-state index is -0.204. The van der Waals surface area contributed by atoms with Crippen molar-refractivity contribution >= 4 is 17.5 Å². The van der Waals surface area contributed by atoms with E-state index in [-0.39, 0.29) is 12.5 Å². The molecule has 2 heterocycles. The molecule has 26 heavy (non-hydrogen) atoms. The van der Waals surface area contributed by atoms with Crippen molar-refractivity contribution in [2.24, 2.45) is 0 Å². The third-order valence-corrected chi connectivity index (χ3v) is 4.37. The maximum absolute atomic E-state index is 12.1. The van der Waals surface area contributed by atoms with Crippen LogP contribution in [0.2, 0.25) is 5.02 Å². The van der Waals surface area contributed by atoms with Gasteiger partial charge in [0.2, 0.25) is 0 Å². The highest BCUT2D eigenvalue weighted by Gasteiger charge is 2.12. The molecule has 2 aromatic rings. The Balaban J connectivity index is 1.37. The SMILES string of the molecule is O=C(NCCCN1CCOCC1)c1ccc(COc2ccc(Cl)cc2)o1. The lowest BCUT2D eigenvalue weighted by atomic mass is 10.3. The molecule has 1 N–H and O–H groups in total. The lowest BCUT2D eigenvalue weighted by Gasteiger charge is -2.26. The van der Waals surface area contributed by atoms with Crippen LogP contribution in [0.3, 0.4) is 0 Å². The molecular formula is C19H23ClN2O4. The summed E-state index contributed by atoms with van der Waals surface area (Å²) < 4.78 is 16.5. The Hall–Kier alpha value is -2.02. The van der Waals surface area contributed by atoms with Gasteiger partial charge in [-0.15, -0.1) is 0 Å². The van der Waals surface area contributed by atoms with Gasteiger partial charge in [0.15, 0.2) is 5.76 Å². The molecular weight excluding hydrogens is 356 g/mol. The number of hydrogen-bond donors (Lipinski definition) is 1. The highest BCUT2D eigenvalue weighted by Crippen LogP contribution is 2.17. The molecule has 0 bridgehead atoms. The lowest BCUT2D eigenvalue weighted by molar-refractivity contribution is 0.0374. The first kappa shape index (κ1) is 18.8. The van der Waals surface area contributed by atoms with Crippen LogP contribution in [0, 0.1) is 0 Å². The summed E-state index contributed by atoms with van der Waals surface area (Å²) in [7, 11) is 0. The zero-order valence-corrected chi connectivity index (χ0v) is 15.3. The summed E-state index contributed by atoms with van der Waals surface area (Å²) in [5, 5.41) is 3.54. The van der Waals surface area contributed by atoms with Gasteiger partial charge in [0.05, 0.1) is 13.2 Å². The molecule has 1 saturated heterocycles. The second-order valence-corrected chi connectivity index (χ2v) is 6.51. The third-order valence-electron chi connectivity index (χ3n) is 4.12. The molecule has 6 nitrogen and oxygen atoms in total. The number of morpholine rings is 1. The fourth-order valence-corrected chi connectivity index (χ4v) is 2.81. The Morgan fingerprint density at radius 3 is 2.69 bits per heavy atom.